The van der Waals surface area contributed by atoms with Crippen LogP contribution in [0.5, 0.6) is 0 Å². The first-order valence-corrected chi connectivity index (χ1v) is 8.11. The molecule has 0 spiro atoms. The third-order valence-electron chi connectivity index (χ3n) is 4.74. The smallest absolute Gasteiger partial charge is 0.107 e. The van der Waals surface area contributed by atoms with Crippen LogP contribution >= 0.6 is 0 Å². The maximum Gasteiger partial charge on any atom is 0.107 e. The number of hydrogen-bond donors (Lipinski definition) is 0. The van der Waals surface area contributed by atoms with E-state index in [4.69, 9.17) is 4.98 Å². The van der Waals surface area contributed by atoms with E-state index in [0.29, 0.717) is 12.0 Å². The van der Waals surface area contributed by atoms with Crippen molar-refractivity contribution in [2.75, 3.05) is 13.1 Å². The molecule has 0 amide bonds. The van der Waals surface area contributed by atoms with Crippen molar-refractivity contribution in [3.8, 4) is 11.4 Å². The monoisotopic (exact) mass is 299 g/mol. The van der Waals surface area contributed by atoms with Gasteiger partial charge in [-0.15, -0.1) is 0 Å². The van der Waals surface area contributed by atoms with Crippen LogP contribution in [-0.2, 0) is 7.05 Å². The van der Waals surface area contributed by atoms with E-state index in [2.05, 4.69) is 33.3 Å². The number of nitrogens with zero attached hydrogens (tertiary/aromatic N) is 5. The summed E-state index contributed by atoms with van der Waals surface area (Å²) in [5.74, 6) is 1.48. The van der Waals surface area contributed by atoms with Gasteiger partial charge in [0, 0.05) is 31.7 Å². The first kappa shape index (κ1) is 15.2. The first-order valence-electron chi connectivity index (χ1n) is 8.11. The molecule has 1 aliphatic rings. The molecule has 0 aromatic carbocycles. The van der Waals surface area contributed by atoms with Crippen molar-refractivity contribution in [3.63, 3.8) is 0 Å². The lowest BCUT2D eigenvalue weighted by Crippen LogP contribution is -2.39. The van der Waals surface area contributed by atoms with E-state index in [0.717, 1.165) is 29.5 Å². The van der Waals surface area contributed by atoms with Gasteiger partial charge in [-0.25, -0.2) is 9.97 Å². The maximum absolute atomic E-state index is 4.88. The van der Waals surface area contributed by atoms with Crippen LogP contribution in [0.25, 0.3) is 11.4 Å². The zero-order chi connectivity index (χ0) is 15.7. The molecular weight excluding hydrogens is 274 g/mol. The van der Waals surface area contributed by atoms with Crippen LogP contribution in [0.15, 0.2) is 18.6 Å². The Morgan fingerprint density at radius 3 is 2.73 bits per heavy atom. The van der Waals surface area contributed by atoms with E-state index in [1.54, 1.807) is 0 Å². The molecule has 0 N–H and O–H groups in total. The molecule has 0 bridgehead atoms. The summed E-state index contributed by atoms with van der Waals surface area (Å²) >= 11 is 0. The van der Waals surface area contributed by atoms with Crippen molar-refractivity contribution in [1.82, 2.24) is 24.4 Å². The Balaban J connectivity index is 1.86. The number of hydrogen-bond acceptors (Lipinski definition) is 4. The Labute approximate surface area is 132 Å². The number of aryl methyl sites for hydroxylation is 1. The van der Waals surface area contributed by atoms with Crippen LogP contribution in [0.3, 0.4) is 0 Å². The third kappa shape index (κ3) is 2.90. The fourth-order valence-electron chi connectivity index (χ4n) is 3.16. The highest BCUT2D eigenvalue weighted by molar-refractivity contribution is 5.53. The molecule has 1 atom stereocenters. The molecule has 5 heteroatoms. The molecular formula is C17H25N5. The summed E-state index contributed by atoms with van der Waals surface area (Å²) in [6, 6.07) is 0.596. The molecule has 0 saturated carbocycles. The molecule has 118 valence electrons. The summed E-state index contributed by atoms with van der Waals surface area (Å²) in [4.78, 5) is 16.2. The lowest BCUT2D eigenvalue weighted by Gasteiger charge is -2.35. The highest BCUT2D eigenvalue weighted by Gasteiger charge is 2.24. The number of piperidine rings is 1. The first-order chi connectivity index (χ1) is 10.6. The standard InChI is InChI=1S/C17H25N5/c1-12(2)22-7-5-6-14(11-22)15-8-18-9-16(20-15)17-10-19-13(3)21(17)4/h8-10,12,14H,5-7,11H2,1-4H3/t14-/m0/s1. The Hall–Kier alpha value is -1.75. The minimum absolute atomic E-state index is 0.484. The van der Waals surface area contributed by atoms with Crippen molar-refractivity contribution in [2.45, 2.75) is 45.6 Å². The van der Waals surface area contributed by atoms with E-state index < -0.39 is 0 Å². The fraction of sp³-hybridized carbons (Fsp3) is 0.588. The molecule has 1 fully saturated rings. The number of aromatic nitrogens is 4. The molecule has 3 heterocycles. The summed E-state index contributed by atoms with van der Waals surface area (Å²) in [5, 5.41) is 0. The minimum Gasteiger partial charge on any atom is -0.330 e. The third-order valence-corrected chi connectivity index (χ3v) is 4.74. The molecule has 0 radical (unpaired) electrons. The van der Waals surface area contributed by atoms with Crippen LogP contribution in [0, 0.1) is 6.92 Å². The molecule has 2 aromatic rings. The summed E-state index contributed by atoms with van der Waals surface area (Å²) in [6.07, 6.45) is 8.08. The summed E-state index contributed by atoms with van der Waals surface area (Å²) in [5.41, 5.74) is 3.06. The highest BCUT2D eigenvalue weighted by Crippen LogP contribution is 2.27. The van der Waals surface area contributed by atoms with Crippen molar-refractivity contribution < 1.29 is 0 Å². The van der Waals surface area contributed by atoms with E-state index in [1.807, 2.05) is 32.6 Å². The Kier molecular flexibility index (Phi) is 4.25. The van der Waals surface area contributed by atoms with Gasteiger partial charge in [-0.1, -0.05) is 0 Å². The van der Waals surface area contributed by atoms with Gasteiger partial charge in [0.1, 0.15) is 11.5 Å². The normalized spacial score (nSPS) is 19.8. The van der Waals surface area contributed by atoms with E-state index in [9.17, 15) is 0 Å². The number of imidazole rings is 1. The molecule has 2 aromatic heterocycles. The SMILES string of the molecule is Cc1ncc(-c2cncc([C@H]3CCCN(C(C)C)C3)n2)n1C. The Bertz CT molecular complexity index is 646. The van der Waals surface area contributed by atoms with Crippen LogP contribution in [0.1, 0.15) is 44.1 Å². The quantitative estimate of drug-likeness (QED) is 0.874. The van der Waals surface area contributed by atoms with Gasteiger partial charge >= 0.3 is 0 Å². The number of rotatable bonds is 3. The molecule has 0 unspecified atom stereocenters. The van der Waals surface area contributed by atoms with Crippen LogP contribution in [0.2, 0.25) is 0 Å². The topological polar surface area (TPSA) is 46.8 Å². The van der Waals surface area contributed by atoms with Crippen LogP contribution < -0.4 is 0 Å². The van der Waals surface area contributed by atoms with Gasteiger partial charge in [-0.2, -0.15) is 0 Å². The largest absolute Gasteiger partial charge is 0.330 e. The van der Waals surface area contributed by atoms with E-state index in [1.165, 1.54) is 19.4 Å². The predicted molar refractivity (Wildman–Crippen MR) is 87.7 cm³/mol. The fourth-order valence-corrected chi connectivity index (χ4v) is 3.16. The van der Waals surface area contributed by atoms with Crippen molar-refractivity contribution in [1.29, 1.82) is 0 Å². The Morgan fingerprint density at radius 1 is 1.23 bits per heavy atom. The van der Waals surface area contributed by atoms with Gasteiger partial charge in [0.05, 0.1) is 23.8 Å². The molecule has 1 saturated heterocycles. The summed E-state index contributed by atoms with van der Waals surface area (Å²) in [7, 11) is 2.02. The summed E-state index contributed by atoms with van der Waals surface area (Å²) < 4.78 is 2.06. The highest BCUT2D eigenvalue weighted by atomic mass is 15.2. The molecule has 22 heavy (non-hydrogen) atoms. The van der Waals surface area contributed by atoms with Gasteiger partial charge in [0.2, 0.25) is 0 Å². The molecule has 0 aliphatic carbocycles. The second-order valence-corrected chi connectivity index (χ2v) is 6.51. The van der Waals surface area contributed by atoms with Crippen LogP contribution in [-0.4, -0.2) is 43.6 Å². The van der Waals surface area contributed by atoms with E-state index >= 15 is 0 Å². The average molecular weight is 299 g/mol. The van der Waals surface area contributed by atoms with Gasteiger partial charge in [-0.3, -0.25) is 4.98 Å². The zero-order valence-electron chi connectivity index (χ0n) is 14.0. The van der Waals surface area contributed by atoms with E-state index in [-0.39, 0.29) is 0 Å². The van der Waals surface area contributed by atoms with Gasteiger partial charge in [-0.05, 0) is 40.2 Å². The molecule has 3 rings (SSSR count). The maximum atomic E-state index is 4.88. The predicted octanol–water partition coefficient (Wildman–Crippen LogP) is 2.77. The lowest BCUT2D eigenvalue weighted by atomic mass is 9.94. The average Bonchev–Trinajstić information content (AvgIpc) is 2.87. The van der Waals surface area contributed by atoms with Gasteiger partial charge in [0.25, 0.3) is 0 Å². The summed E-state index contributed by atoms with van der Waals surface area (Å²) in [6.45, 7) is 8.82. The van der Waals surface area contributed by atoms with Crippen LogP contribution in [0.4, 0.5) is 0 Å². The van der Waals surface area contributed by atoms with Crippen molar-refractivity contribution in [3.05, 3.63) is 30.1 Å². The van der Waals surface area contributed by atoms with Gasteiger partial charge < -0.3 is 9.47 Å². The number of likely N-dealkylation sites (tertiary alicyclic amines) is 1. The second kappa shape index (κ2) is 6.16. The van der Waals surface area contributed by atoms with Crippen molar-refractivity contribution in [2.24, 2.45) is 7.05 Å². The Morgan fingerprint density at radius 2 is 2.05 bits per heavy atom. The van der Waals surface area contributed by atoms with Gasteiger partial charge in [0.15, 0.2) is 0 Å². The molecule has 1 aliphatic heterocycles. The van der Waals surface area contributed by atoms with Crippen molar-refractivity contribution >= 4 is 0 Å². The molecule has 5 nitrogen and oxygen atoms in total. The second-order valence-electron chi connectivity index (χ2n) is 6.51. The minimum atomic E-state index is 0.484. The zero-order valence-corrected chi connectivity index (χ0v) is 14.0. The lowest BCUT2D eigenvalue weighted by molar-refractivity contribution is 0.166.